The Balaban J connectivity index is 2.81. The zero-order valence-corrected chi connectivity index (χ0v) is 11.3. The molecular weight excluding hydrogens is 262 g/mol. The summed E-state index contributed by atoms with van der Waals surface area (Å²) in [6, 6.07) is 2.42. The number of primary amides is 1. The van der Waals surface area contributed by atoms with Crippen LogP contribution in [0.3, 0.4) is 0 Å². The van der Waals surface area contributed by atoms with E-state index in [0.29, 0.717) is 0 Å². The van der Waals surface area contributed by atoms with E-state index in [-0.39, 0.29) is 29.6 Å². The Hall–Kier alpha value is -2.44. The summed E-state index contributed by atoms with van der Waals surface area (Å²) in [6.07, 6.45) is 1.48. The lowest BCUT2D eigenvalue weighted by Gasteiger charge is -2.20. The predicted molar refractivity (Wildman–Crippen MR) is 71.1 cm³/mol. The number of carboxylic acid groups (broad SMARTS) is 1. The van der Waals surface area contributed by atoms with Crippen LogP contribution in [0.25, 0.3) is 0 Å². The fourth-order valence-corrected chi connectivity index (χ4v) is 1.67. The van der Waals surface area contributed by atoms with Gasteiger partial charge in [-0.15, -0.1) is 0 Å². The normalized spacial score (nSPS) is 13.3. The summed E-state index contributed by atoms with van der Waals surface area (Å²) >= 11 is 0. The van der Waals surface area contributed by atoms with E-state index in [1.165, 1.54) is 18.3 Å². The molecule has 2 amide bonds. The molecule has 2 unspecified atom stereocenters. The van der Waals surface area contributed by atoms with Crippen molar-refractivity contribution in [2.75, 3.05) is 0 Å². The first-order valence-corrected chi connectivity index (χ1v) is 6.10. The zero-order chi connectivity index (χ0) is 15.3. The average Bonchev–Trinajstić information content (AvgIpc) is 2.37. The summed E-state index contributed by atoms with van der Waals surface area (Å²) in [5, 5.41) is 11.6. The van der Waals surface area contributed by atoms with Crippen molar-refractivity contribution in [1.29, 1.82) is 0 Å². The van der Waals surface area contributed by atoms with Gasteiger partial charge in [-0.3, -0.25) is 14.6 Å². The van der Waals surface area contributed by atoms with Gasteiger partial charge in [0.15, 0.2) is 0 Å². The fraction of sp³-hybridized carbons (Fsp3) is 0.385. The summed E-state index contributed by atoms with van der Waals surface area (Å²) in [6.45, 7) is 3.49. The largest absolute Gasteiger partial charge is 0.478 e. The monoisotopic (exact) mass is 279 g/mol. The van der Waals surface area contributed by atoms with Crippen LogP contribution in [0.4, 0.5) is 0 Å². The molecule has 0 aliphatic heterocycles. The maximum absolute atomic E-state index is 12.0. The summed E-state index contributed by atoms with van der Waals surface area (Å²) in [7, 11) is 0. The molecule has 20 heavy (non-hydrogen) atoms. The molecule has 1 rings (SSSR count). The molecule has 1 heterocycles. The van der Waals surface area contributed by atoms with Crippen molar-refractivity contribution in [2.24, 2.45) is 11.7 Å². The minimum Gasteiger partial charge on any atom is -0.478 e. The lowest BCUT2D eigenvalue weighted by atomic mass is 9.99. The van der Waals surface area contributed by atoms with Gasteiger partial charge in [-0.1, -0.05) is 6.92 Å². The van der Waals surface area contributed by atoms with Gasteiger partial charge in [0, 0.05) is 18.7 Å². The second kappa shape index (κ2) is 6.65. The smallest absolute Gasteiger partial charge is 0.338 e. The first kappa shape index (κ1) is 15.6. The maximum Gasteiger partial charge on any atom is 0.338 e. The topological polar surface area (TPSA) is 122 Å². The number of amides is 2. The Labute approximate surface area is 116 Å². The van der Waals surface area contributed by atoms with Gasteiger partial charge in [0.2, 0.25) is 5.91 Å². The van der Waals surface area contributed by atoms with Crippen LogP contribution in [-0.4, -0.2) is 33.9 Å². The van der Waals surface area contributed by atoms with Crippen LogP contribution < -0.4 is 11.1 Å². The van der Waals surface area contributed by atoms with E-state index in [2.05, 4.69) is 10.3 Å². The van der Waals surface area contributed by atoms with Crippen LogP contribution in [0.1, 0.15) is 41.1 Å². The molecule has 0 saturated heterocycles. The summed E-state index contributed by atoms with van der Waals surface area (Å²) < 4.78 is 0. The van der Waals surface area contributed by atoms with Gasteiger partial charge in [0.1, 0.15) is 5.69 Å². The third-order valence-corrected chi connectivity index (χ3v) is 2.99. The molecule has 108 valence electrons. The number of carbonyl (C=O) groups is 3. The Bertz CT molecular complexity index is 530. The molecule has 0 radical (unpaired) electrons. The van der Waals surface area contributed by atoms with E-state index in [4.69, 9.17) is 10.8 Å². The minimum atomic E-state index is -1.22. The summed E-state index contributed by atoms with van der Waals surface area (Å²) in [5.41, 5.74) is 4.77. The molecule has 7 heteroatoms. The number of rotatable bonds is 6. The SMILES string of the molecule is CC(CC(N)=O)C(C)NC(=O)c1ncccc1C(=O)O. The fourth-order valence-electron chi connectivity index (χ4n) is 1.67. The third-order valence-electron chi connectivity index (χ3n) is 2.99. The molecule has 0 fully saturated rings. The van der Waals surface area contributed by atoms with E-state index in [0.717, 1.165) is 0 Å². The van der Waals surface area contributed by atoms with Crippen molar-refractivity contribution in [3.05, 3.63) is 29.6 Å². The van der Waals surface area contributed by atoms with Crippen LogP contribution in [-0.2, 0) is 4.79 Å². The number of nitrogens with one attached hydrogen (secondary N) is 1. The number of hydrogen-bond donors (Lipinski definition) is 3. The molecule has 4 N–H and O–H groups in total. The van der Waals surface area contributed by atoms with Crippen molar-refractivity contribution >= 4 is 17.8 Å². The van der Waals surface area contributed by atoms with Crippen molar-refractivity contribution in [3.8, 4) is 0 Å². The Morgan fingerprint density at radius 2 is 2.05 bits per heavy atom. The predicted octanol–water partition coefficient (Wildman–Crippen LogP) is 0.410. The maximum atomic E-state index is 12.0. The van der Waals surface area contributed by atoms with Crippen LogP contribution in [0.15, 0.2) is 18.3 Å². The highest BCUT2D eigenvalue weighted by molar-refractivity contribution is 6.03. The Morgan fingerprint density at radius 1 is 1.40 bits per heavy atom. The van der Waals surface area contributed by atoms with Crippen molar-refractivity contribution in [2.45, 2.75) is 26.3 Å². The minimum absolute atomic E-state index is 0.134. The number of carbonyl (C=O) groups excluding carboxylic acids is 2. The number of aromatic carboxylic acids is 1. The number of hydrogen-bond acceptors (Lipinski definition) is 4. The summed E-state index contributed by atoms with van der Waals surface area (Å²) in [4.78, 5) is 37.6. The molecule has 1 aromatic rings. The number of nitrogens with two attached hydrogens (primary N) is 1. The van der Waals surface area contributed by atoms with E-state index in [9.17, 15) is 14.4 Å². The highest BCUT2D eigenvalue weighted by Gasteiger charge is 2.22. The van der Waals surface area contributed by atoms with E-state index < -0.39 is 17.8 Å². The quantitative estimate of drug-likeness (QED) is 0.696. The molecule has 0 aromatic carbocycles. The van der Waals surface area contributed by atoms with Crippen LogP contribution >= 0.6 is 0 Å². The Kier molecular flexibility index (Phi) is 5.19. The number of aromatic nitrogens is 1. The zero-order valence-electron chi connectivity index (χ0n) is 11.3. The number of carboxylic acids is 1. The molecule has 0 spiro atoms. The van der Waals surface area contributed by atoms with Crippen LogP contribution in [0.5, 0.6) is 0 Å². The molecule has 0 bridgehead atoms. The van der Waals surface area contributed by atoms with Gasteiger partial charge in [-0.2, -0.15) is 0 Å². The number of nitrogens with zero attached hydrogens (tertiary/aromatic N) is 1. The van der Waals surface area contributed by atoms with Crippen molar-refractivity contribution in [3.63, 3.8) is 0 Å². The second-order valence-corrected chi connectivity index (χ2v) is 4.61. The molecular formula is C13H17N3O4. The lowest BCUT2D eigenvalue weighted by Crippen LogP contribution is -2.39. The third kappa shape index (κ3) is 4.04. The first-order chi connectivity index (χ1) is 9.32. The lowest BCUT2D eigenvalue weighted by molar-refractivity contribution is -0.119. The van der Waals surface area contributed by atoms with E-state index >= 15 is 0 Å². The molecule has 0 aliphatic carbocycles. The highest BCUT2D eigenvalue weighted by atomic mass is 16.4. The average molecular weight is 279 g/mol. The Morgan fingerprint density at radius 3 is 2.60 bits per heavy atom. The van der Waals surface area contributed by atoms with Gasteiger partial charge in [-0.25, -0.2) is 4.79 Å². The number of pyridine rings is 1. The van der Waals surface area contributed by atoms with E-state index in [1.807, 2.05) is 0 Å². The van der Waals surface area contributed by atoms with Gasteiger partial charge in [-0.05, 0) is 25.0 Å². The second-order valence-electron chi connectivity index (χ2n) is 4.61. The highest BCUT2D eigenvalue weighted by Crippen LogP contribution is 2.10. The molecule has 7 nitrogen and oxygen atoms in total. The van der Waals surface area contributed by atoms with Crippen LogP contribution in [0, 0.1) is 5.92 Å². The summed E-state index contributed by atoms with van der Waals surface area (Å²) in [5.74, 6) is -2.43. The molecule has 2 atom stereocenters. The molecule has 0 saturated carbocycles. The van der Waals surface area contributed by atoms with Gasteiger partial charge in [0.05, 0.1) is 5.56 Å². The van der Waals surface area contributed by atoms with Crippen molar-refractivity contribution < 1.29 is 19.5 Å². The van der Waals surface area contributed by atoms with Gasteiger partial charge >= 0.3 is 5.97 Å². The standard InChI is InChI=1S/C13H17N3O4/c1-7(6-10(14)17)8(2)16-12(18)11-9(13(19)20)4-3-5-15-11/h3-5,7-8H,6H2,1-2H3,(H2,14,17)(H,16,18)(H,19,20). The van der Waals surface area contributed by atoms with Crippen LogP contribution in [0.2, 0.25) is 0 Å². The van der Waals surface area contributed by atoms with Crippen molar-refractivity contribution in [1.82, 2.24) is 10.3 Å². The van der Waals surface area contributed by atoms with Gasteiger partial charge in [0.25, 0.3) is 5.91 Å². The van der Waals surface area contributed by atoms with E-state index in [1.54, 1.807) is 13.8 Å². The van der Waals surface area contributed by atoms with Gasteiger partial charge < -0.3 is 16.2 Å². The first-order valence-electron chi connectivity index (χ1n) is 6.10. The molecule has 0 aliphatic rings. The molecule has 1 aromatic heterocycles.